The van der Waals surface area contributed by atoms with Crippen LogP contribution in [0.1, 0.15) is 6.92 Å². The summed E-state index contributed by atoms with van der Waals surface area (Å²) in [5.41, 5.74) is 1.13. The van der Waals surface area contributed by atoms with Gasteiger partial charge in [-0.1, -0.05) is 43.0 Å². The molecule has 0 aliphatic carbocycles. The lowest BCUT2D eigenvalue weighted by Crippen LogP contribution is -1.75. The number of hydrogen-bond donors (Lipinski definition) is 0. The maximum atomic E-state index is 4.85. The van der Waals surface area contributed by atoms with Crippen LogP contribution in [-0.2, 0) is 3.07 Å². The minimum atomic E-state index is 0.632. The number of halogens is 1. The van der Waals surface area contributed by atoms with Gasteiger partial charge in [0.05, 0.1) is 6.61 Å². The fourth-order valence-electron chi connectivity index (χ4n) is 0.716. The van der Waals surface area contributed by atoms with E-state index in [0.29, 0.717) is 6.61 Å². The van der Waals surface area contributed by atoms with E-state index in [1.807, 2.05) is 60.3 Å². The molecule has 0 aliphatic rings. The molecule has 0 heterocycles. The molecule has 2 heteroatoms. The predicted molar refractivity (Wildman–Crippen MR) is 62.2 cm³/mol. The molecule has 0 aromatic rings. The van der Waals surface area contributed by atoms with Crippen LogP contribution in [0.4, 0.5) is 0 Å². The summed E-state index contributed by atoms with van der Waals surface area (Å²) < 4.78 is 4.85. The van der Waals surface area contributed by atoms with E-state index in [4.69, 9.17) is 3.07 Å². The molecule has 0 spiro atoms. The van der Waals surface area contributed by atoms with Gasteiger partial charge in [-0.2, -0.15) is 0 Å². The van der Waals surface area contributed by atoms with Crippen molar-refractivity contribution in [1.82, 2.24) is 0 Å². The van der Waals surface area contributed by atoms with E-state index in [-0.39, 0.29) is 0 Å². The molecule has 0 aliphatic heterocycles. The molecule has 1 nitrogen and oxygen atoms in total. The second-order valence-corrected chi connectivity index (χ2v) is 2.70. The third kappa shape index (κ3) is 6.37. The summed E-state index contributed by atoms with van der Waals surface area (Å²) in [5.74, 6) is 0. The zero-order chi connectivity index (χ0) is 9.23. The second kappa shape index (κ2) is 8.74. The van der Waals surface area contributed by atoms with Crippen LogP contribution in [0.15, 0.2) is 48.6 Å². The largest absolute Gasteiger partial charge is 0.312 e. The maximum Gasteiger partial charge on any atom is 0.110 e. The summed E-state index contributed by atoms with van der Waals surface area (Å²) in [7, 11) is 0. The number of hydrogen-bond acceptors (Lipinski definition) is 1. The summed E-state index contributed by atoms with van der Waals surface area (Å²) in [5, 5.41) is 0. The van der Waals surface area contributed by atoms with E-state index in [9.17, 15) is 0 Å². The van der Waals surface area contributed by atoms with Crippen molar-refractivity contribution < 1.29 is 3.07 Å². The van der Waals surface area contributed by atoms with Crippen molar-refractivity contribution in [2.45, 2.75) is 6.92 Å². The smallest absolute Gasteiger partial charge is 0.110 e. The summed E-state index contributed by atoms with van der Waals surface area (Å²) in [4.78, 5) is 0. The van der Waals surface area contributed by atoms with E-state index >= 15 is 0 Å². The molecule has 0 aromatic carbocycles. The molecule has 0 saturated carbocycles. The average molecular weight is 276 g/mol. The molecular formula is C10H13IO. The zero-order valence-electron chi connectivity index (χ0n) is 7.16. The Morgan fingerprint density at radius 1 is 1.50 bits per heavy atom. The Labute approximate surface area is 88.2 Å². The highest BCUT2D eigenvalue weighted by molar-refractivity contribution is 14.1. The van der Waals surface area contributed by atoms with Crippen LogP contribution >= 0.6 is 23.0 Å². The summed E-state index contributed by atoms with van der Waals surface area (Å²) >= 11 is 1.87. The fraction of sp³-hybridized carbons (Fsp3) is 0.200. The molecule has 0 fully saturated rings. The van der Waals surface area contributed by atoms with Gasteiger partial charge in [-0.05, 0) is 12.5 Å². The van der Waals surface area contributed by atoms with Crippen LogP contribution in [0.2, 0.25) is 0 Å². The Balaban J connectivity index is 4.13. The third-order valence-electron chi connectivity index (χ3n) is 1.14. The van der Waals surface area contributed by atoms with E-state index < -0.39 is 0 Å². The lowest BCUT2D eigenvalue weighted by molar-refractivity contribution is 0.488. The van der Waals surface area contributed by atoms with Crippen molar-refractivity contribution in [2.24, 2.45) is 0 Å². The van der Waals surface area contributed by atoms with Gasteiger partial charge in [0.25, 0.3) is 0 Å². The quantitative estimate of drug-likeness (QED) is 0.550. The lowest BCUT2D eigenvalue weighted by Gasteiger charge is -1.90. The van der Waals surface area contributed by atoms with E-state index in [0.717, 1.165) is 5.57 Å². The van der Waals surface area contributed by atoms with Gasteiger partial charge >= 0.3 is 0 Å². The first-order chi connectivity index (χ1) is 5.85. The molecule has 0 N–H and O–H groups in total. The van der Waals surface area contributed by atoms with Gasteiger partial charge in [-0.15, -0.1) is 0 Å². The SMILES string of the molecule is C=C/C=C(\C=C/COI)/C=C/C. The highest BCUT2D eigenvalue weighted by Crippen LogP contribution is 2.00. The van der Waals surface area contributed by atoms with Gasteiger partial charge in [0.2, 0.25) is 0 Å². The topological polar surface area (TPSA) is 9.23 Å². The molecule has 0 radical (unpaired) electrons. The van der Waals surface area contributed by atoms with Crippen molar-refractivity contribution in [2.75, 3.05) is 6.61 Å². The first-order valence-electron chi connectivity index (χ1n) is 3.70. The van der Waals surface area contributed by atoms with Crippen LogP contribution in [0, 0.1) is 0 Å². The standard InChI is InChI=1S/C10H13IO/c1-3-6-10(7-4-2)8-5-9-12-11/h3-8H,1,9H2,2H3/b7-4+,8-5-,10-6-. The Morgan fingerprint density at radius 2 is 2.25 bits per heavy atom. The van der Waals surface area contributed by atoms with Crippen molar-refractivity contribution >= 4 is 23.0 Å². The van der Waals surface area contributed by atoms with Gasteiger partial charge in [0.15, 0.2) is 0 Å². The van der Waals surface area contributed by atoms with Gasteiger partial charge < -0.3 is 3.07 Å². The Kier molecular flexibility index (Phi) is 8.49. The van der Waals surface area contributed by atoms with Gasteiger partial charge in [-0.3, -0.25) is 0 Å². The van der Waals surface area contributed by atoms with Crippen molar-refractivity contribution in [3.8, 4) is 0 Å². The van der Waals surface area contributed by atoms with E-state index in [1.165, 1.54) is 0 Å². The number of rotatable bonds is 5. The van der Waals surface area contributed by atoms with Gasteiger partial charge in [-0.25, -0.2) is 0 Å². The molecule has 0 bridgehead atoms. The molecule has 0 saturated heterocycles. The van der Waals surface area contributed by atoms with Crippen LogP contribution in [0.5, 0.6) is 0 Å². The highest BCUT2D eigenvalue weighted by Gasteiger charge is 1.81. The summed E-state index contributed by atoms with van der Waals surface area (Å²) in [6, 6.07) is 0. The predicted octanol–water partition coefficient (Wildman–Crippen LogP) is 3.60. The lowest BCUT2D eigenvalue weighted by atomic mass is 10.2. The normalized spacial score (nSPS) is 13.0. The zero-order valence-corrected chi connectivity index (χ0v) is 9.32. The van der Waals surface area contributed by atoms with E-state index in [2.05, 4.69) is 6.58 Å². The first-order valence-corrected chi connectivity index (χ1v) is 4.58. The van der Waals surface area contributed by atoms with Crippen LogP contribution in [-0.4, -0.2) is 6.61 Å². The van der Waals surface area contributed by atoms with Gasteiger partial charge in [0.1, 0.15) is 23.0 Å². The maximum absolute atomic E-state index is 4.85. The first kappa shape index (κ1) is 11.6. The highest BCUT2D eigenvalue weighted by atomic mass is 127. The molecule has 0 atom stereocenters. The summed E-state index contributed by atoms with van der Waals surface area (Å²) in [6.45, 7) is 6.25. The molecule has 0 unspecified atom stereocenters. The molecule has 66 valence electrons. The van der Waals surface area contributed by atoms with Crippen molar-refractivity contribution in [3.05, 3.63) is 48.6 Å². The fourth-order valence-corrected chi connectivity index (χ4v) is 0.923. The third-order valence-corrected chi connectivity index (χ3v) is 1.50. The second-order valence-electron chi connectivity index (χ2n) is 2.08. The molecule has 0 amide bonds. The Hall–Kier alpha value is -0.350. The molecular weight excluding hydrogens is 263 g/mol. The Morgan fingerprint density at radius 3 is 2.75 bits per heavy atom. The summed E-state index contributed by atoms with van der Waals surface area (Å²) in [6.07, 6.45) is 11.7. The van der Waals surface area contributed by atoms with Crippen LogP contribution < -0.4 is 0 Å². The monoisotopic (exact) mass is 276 g/mol. The Bertz CT molecular complexity index is 202. The van der Waals surface area contributed by atoms with Crippen LogP contribution in [0.3, 0.4) is 0 Å². The van der Waals surface area contributed by atoms with Crippen LogP contribution in [0.25, 0.3) is 0 Å². The number of allylic oxidation sites excluding steroid dienone is 6. The molecule has 12 heavy (non-hydrogen) atoms. The molecule has 0 rings (SSSR count). The van der Waals surface area contributed by atoms with Gasteiger partial charge in [0, 0.05) is 0 Å². The molecule has 0 aromatic heterocycles. The van der Waals surface area contributed by atoms with Crippen molar-refractivity contribution in [1.29, 1.82) is 0 Å². The minimum absolute atomic E-state index is 0.632. The average Bonchev–Trinajstić information content (AvgIpc) is 2.06. The van der Waals surface area contributed by atoms with E-state index in [1.54, 1.807) is 6.08 Å². The minimum Gasteiger partial charge on any atom is -0.312 e. The van der Waals surface area contributed by atoms with Crippen molar-refractivity contribution in [3.63, 3.8) is 0 Å².